The average Bonchev–Trinajstić information content (AvgIpc) is 2.76. The molecule has 0 atom stereocenters. The molecule has 98 valence electrons. The van der Waals surface area contributed by atoms with Crippen LogP contribution in [-0.2, 0) is 12.8 Å². The lowest BCUT2D eigenvalue weighted by atomic mass is 9.98. The Balaban J connectivity index is 1.87. The fourth-order valence-electron chi connectivity index (χ4n) is 2.42. The van der Waals surface area contributed by atoms with Crippen molar-refractivity contribution in [2.24, 2.45) is 4.99 Å². The van der Waals surface area contributed by atoms with Crippen LogP contribution in [0.5, 0.6) is 5.75 Å². The fourth-order valence-corrected chi connectivity index (χ4v) is 3.58. The lowest BCUT2D eigenvalue weighted by Crippen LogP contribution is -1.97. The third kappa shape index (κ3) is 2.56. The first-order chi connectivity index (χ1) is 9.24. The largest absolute Gasteiger partial charge is 0.506 e. The Labute approximate surface area is 117 Å². The van der Waals surface area contributed by atoms with Crippen molar-refractivity contribution < 1.29 is 5.11 Å². The second-order valence-corrected chi connectivity index (χ2v) is 6.15. The molecule has 19 heavy (non-hydrogen) atoms. The van der Waals surface area contributed by atoms with E-state index in [9.17, 15) is 5.11 Å². The van der Waals surface area contributed by atoms with Gasteiger partial charge in [0.25, 0.3) is 0 Å². The molecular formula is C16H17NOS. The quantitative estimate of drug-likeness (QED) is 0.807. The van der Waals surface area contributed by atoms with Crippen LogP contribution < -0.4 is 0 Å². The molecule has 1 heterocycles. The van der Waals surface area contributed by atoms with Gasteiger partial charge in [-0.1, -0.05) is 17.7 Å². The van der Waals surface area contributed by atoms with Crippen molar-refractivity contribution in [3.8, 4) is 5.75 Å². The van der Waals surface area contributed by atoms with E-state index in [0.717, 1.165) is 29.0 Å². The highest BCUT2D eigenvalue weighted by Crippen LogP contribution is 2.38. The minimum Gasteiger partial charge on any atom is -0.506 e. The van der Waals surface area contributed by atoms with E-state index >= 15 is 0 Å². The summed E-state index contributed by atoms with van der Waals surface area (Å²) >= 11 is 1.69. The lowest BCUT2D eigenvalue weighted by molar-refractivity contribution is 0.465. The summed E-state index contributed by atoms with van der Waals surface area (Å²) in [4.78, 5) is 6.68. The summed E-state index contributed by atoms with van der Waals surface area (Å²) in [5, 5.41) is 10.2. The van der Waals surface area contributed by atoms with E-state index in [0.29, 0.717) is 5.75 Å². The minimum atomic E-state index is 0.454. The summed E-state index contributed by atoms with van der Waals surface area (Å²) < 4.78 is 0. The monoisotopic (exact) mass is 271 g/mol. The van der Waals surface area contributed by atoms with Crippen molar-refractivity contribution in [3.05, 3.63) is 45.1 Å². The average molecular weight is 271 g/mol. The van der Waals surface area contributed by atoms with Gasteiger partial charge >= 0.3 is 0 Å². The first-order valence-corrected chi connectivity index (χ1v) is 7.50. The molecule has 3 rings (SSSR count). The van der Waals surface area contributed by atoms with E-state index < -0.39 is 0 Å². The Bertz CT molecular complexity index is 610. The highest BCUT2D eigenvalue weighted by atomic mass is 32.1. The number of hydrogen-bond acceptors (Lipinski definition) is 3. The molecule has 0 saturated carbocycles. The molecule has 1 aromatic carbocycles. The Kier molecular flexibility index (Phi) is 3.38. The van der Waals surface area contributed by atoms with Gasteiger partial charge in [-0.25, -0.2) is 0 Å². The number of aryl methyl sites for hydroxylation is 2. The number of hydrogen-bond donors (Lipinski definition) is 1. The van der Waals surface area contributed by atoms with Gasteiger partial charge in [-0.15, -0.1) is 11.3 Å². The first kappa shape index (κ1) is 12.4. The topological polar surface area (TPSA) is 32.6 Å². The highest BCUT2D eigenvalue weighted by Gasteiger charge is 2.19. The van der Waals surface area contributed by atoms with Crippen molar-refractivity contribution in [1.82, 2.24) is 0 Å². The Morgan fingerprint density at radius 1 is 1.16 bits per heavy atom. The van der Waals surface area contributed by atoms with Crippen LogP contribution in [0.2, 0.25) is 0 Å². The van der Waals surface area contributed by atoms with Crippen molar-refractivity contribution >= 4 is 23.2 Å². The molecule has 3 heteroatoms. The third-order valence-corrected chi connectivity index (χ3v) is 4.75. The smallest absolute Gasteiger partial charge is 0.138 e. The van der Waals surface area contributed by atoms with E-state index in [2.05, 4.69) is 11.9 Å². The van der Waals surface area contributed by atoms with Gasteiger partial charge in [-0.05, 0) is 44.7 Å². The van der Waals surface area contributed by atoms with E-state index in [4.69, 9.17) is 0 Å². The molecule has 0 fully saturated rings. The second kappa shape index (κ2) is 5.17. The molecule has 0 bridgehead atoms. The number of nitrogens with zero attached hydrogens (tertiary/aromatic N) is 1. The third-order valence-electron chi connectivity index (χ3n) is 3.53. The molecule has 1 aromatic heterocycles. The SMILES string of the molecule is Cc1ccc(N=Cc2sc3c(c2O)CCCC3)cc1. The summed E-state index contributed by atoms with van der Waals surface area (Å²) in [7, 11) is 0. The molecule has 0 spiro atoms. The highest BCUT2D eigenvalue weighted by molar-refractivity contribution is 7.14. The maximum Gasteiger partial charge on any atom is 0.138 e. The van der Waals surface area contributed by atoms with Crippen LogP contribution in [0, 0.1) is 6.92 Å². The van der Waals surface area contributed by atoms with E-state index in [1.54, 1.807) is 17.6 Å². The lowest BCUT2D eigenvalue weighted by Gasteiger charge is -2.09. The number of thiophene rings is 1. The number of benzene rings is 1. The molecule has 1 aliphatic carbocycles. The Hall–Kier alpha value is -1.61. The van der Waals surface area contributed by atoms with Gasteiger partial charge in [-0.2, -0.15) is 0 Å². The summed E-state index contributed by atoms with van der Waals surface area (Å²) in [6.07, 6.45) is 6.33. The maximum absolute atomic E-state index is 10.2. The summed E-state index contributed by atoms with van der Waals surface area (Å²) in [5.74, 6) is 0.454. The van der Waals surface area contributed by atoms with Gasteiger partial charge in [0.1, 0.15) is 5.75 Å². The van der Waals surface area contributed by atoms with Crippen LogP contribution in [0.15, 0.2) is 29.3 Å². The molecule has 0 amide bonds. The first-order valence-electron chi connectivity index (χ1n) is 6.68. The predicted octanol–water partition coefficient (Wildman–Crippen LogP) is 4.39. The van der Waals surface area contributed by atoms with Crippen LogP contribution >= 0.6 is 11.3 Å². The molecular weight excluding hydrogens is 254 g/mol. The molecule has 0 saturated heterocycles. The summed E-state index contributed by atoms with van der Waals surface area (Å²) in [6.45, 7) is 2.06. The number of aliphatic imine (C=N–C) groups is 1. The van der Waals surface area contributed by atoms with Crippen molar-refractivity contribution in [3.63, 3.8) is 0 Å². The van der Waals surface area contributed by atoms with Crippen LogP contribution in [0.25, 0.3) is 0 Å². The van der Waals surface area contributed by atoms with E-state index in [1.807, 2.05) is 24.3 Å². The zero-order chi connectivity index (χ0) is 13.2. The van der Waals surface area contributed by atoms with Gasteiger partial charge in [0.2, 0.25) is 0 Å². The Morgan fingerprint density at radius 3 is 2.63 bits per heavy atom. The maximum atomic E-state index is 10.2. The van der Waals surface area contributed by atoms with Crippen LogP contribution in [-0.4, -0.2) is 11.3 Å². The molecule has 0 aliphatic heterocycles. The number of aromatic hydroxyl groups is 1. The minimum absolute atomic E-state index is 0.454. The van der Waals surface area contributed by atoms with Gasteiger partial charge in [0.15, 0.2) is 0 Å². The summed E-state index contributed by atoms with van der Waals surface area (Å²) in [6, 6.07) is 8.09. The Morgan fingerprint density at radius 2 is 1.89 bits per heavy atom. The fraction of sp³-hybridized carbons (Fsp3) is 0.312. The van der Waals surface area contributed by atoms with E-state index in [-0.39, 0.29) is 0 Å². The van der Waals surface area contributed by atoms with Gasteiger partial charge in [-0.3, -0.25) is 4.99 Å². The normalized spacial score (nSPS) is 14.8. The summed E-state index contributed by atoms with van der Waals surface area (Å²) in [5.41, 5.74) is 3.31. The zero-order valence-electron chi connectivity index (χ0n) is 11.0. The van der Waals surface area contributed by atoms with Gasteiger partial charge < -0.3 is 5.11 Å². The number of rotatable bonds is 2. The van der Waals surface area contributed by atoms with Crippen molar-refractivity contribution in [2.45, 2.75) is 32.6 Å². The predicted molar refractivity (Wildman–Crippen MR) is 81.1 cm³/mol. The van der Waals surface area contributed by atoms with Gasteiger partial charge in [0, 0.05) is 16.7 Å². The zero-order valence-corrected chi connectivity index (χ0v) is 11.8. The second-order valence-electron chi connectivity index (χ2n) is 5.02. The van der Waals surface area contributed by atoms with Crippen LogP contribution in [0.3, 0.4) is 0 Å². The van der Waals surface area contributed by atoms with Crippen LogP contribution in [0.4, 0.5) is 5.69 Å². The molecule has 0 radical (unpaired) electrons. The van der Waals surface area contributed by atoms with Crippen molar-refractivity contribution in [2.75, 3.05) is 0 Å². The molecule has 2 nitrogen and oxygen atoms in total. The molecule has 1 aliphatic rings. The standard InChI is InChI=1S/C16H17NOS/c1-11-6-8-12(9-7-11)17-10-15-16(18)13-4-2-3-5-14(13)19-15/h6-10,18H,2-5H2,1H3. The van der Waals surface area contributed by atoms with E-state index in [1.165, 1.54) is 23.3 Å². The molecule has 2 aromatic rings. The molecule has 1 N–H and O–H groups in total. The van der Waals surface area contributed by atoms with Gasteiger partial charge in [0.05, 0.1) is 10.6 Å². The van der Waals surface area contributed by atoms with Crippen LogP contribution in [0.1, 0.15) is 33.7 Å². The van der Waals surface area contributed by atoms with Crippen molar-refractivity contribution in [1.29, 1.82) is 0 Å². The molecule has 0 unspecified atom stereocenters. The number of fused-ring (bicyclic) bond motifs is 1.